The second-order valence-corrected chi connectivity index (χ2v) is 5.93. The molecule has 1 N–H and O–H groups in total. The van der Waals surface area contributed by atoms with E-state index < -0.39 is 5.97 Å². The molecular weight excluding hydrogens is 394 g/mol. The average molecular weight is 405 g/mol. The molecule has 1 aromatic heterocycles. The zero-order chi connectivity index (χ0) is 14.9. The molecule has 0 aliphatic carbocycles. The zero-order valence-corrected chi connectivity index (χ0v) is 13.9. The summed E-state index contributed by atoms with van der Waals surface area (Å²) in [6.07, 6.45) is 0. The summed E-state index contributed by atoms with van der Waals surface area (Å²) in [5.41, 5.74) is 1.63. The monoisotopic (exact) mass is 403 g/mol. The molecule has 0 aliphatic rings. The number of carbonyl (C=O) groups is 1. The molecule has 1 heterocycles. The highest BCUT2D eigenvalue weighted by Crippen LogP contribution is 2.33. The molecule has 106 valence electrons. The fourth-order valence-electron chi connectivity index (χ4n) is 1.72. The van der Waals surface area contributed by atoms with Gasteiger partial charge in [0.2, 0.25) is 0 Å². The molecule has 0 bridgehead atoms. The number of halogens is 2. The number of ether oxygens (including phenoxy) is 1. The maximum absolute atomic E-state index is 11.3. The second kappa shape index (κ2) is 5.97. The molecule has 2 rings (SSSR count). The Morgan fingerprint density at radius 1 is 1.40 bits per heavy atom. The van der Waals surface area contributed by atoms with E-state index in [0.29, 0.717) is 14.7 Å². The smallest absolute Gasteiger partial charge is 0.339 e. The van der Waals surface area contributed by atoms with Crippen LogP contribution in [-0.4, -0.2) is 16.2 Å². The lowest BCUT2D eigenvalue weighted by Gasteiger charge is -2.11. The van der Waals surface area contributed by atoms with Crippen LogP contribution in [0, 0.1) is 13.8 Å². The zero-order valence-electron chi connectivity index (χ0n) is 10.7. The molecule has 1 aromatic carbocycles. The molecule has 0 fully saturated rings. The molecule has 0 aliphatic heterocycles. The first-order valence-corrected chi connectivity index (χ1v) is 7.25. The van der Waals surface area contributed by atoms with Gasteiger partial charge in [0, 0.05) is 4.47 Å². The van der Waals surface area contributed by atoms with E-state index >= 15 is 0 Å². The summed E-state index contributed by atoms with van der Waals surface area (Å²) in [5, 5.41) is 13.1. The van der Waals surface area contributed by atoms with Gasteiger partial charge < -0.3 is 14.4 Å². The molecule has 0 unspecified atom stereocenters. The Hall–Kier alpha value is -1.34. The summed E-state index contributed by atoms with van der Waals surface area (Å²) in [5.74, 6) is -0.117. The molecule has 2 aromatic rings. The minimum atomic E-state index is -1.05. The third kappa shape index (κ3) is 3.04. The van der Waals surface area contributed by atoms with E-state index in [9.17, 15) is 9.90 Å². The van der Waals surface area contributed by atoms with Crippen molar-refractivity contribution in [3.63, 3.8) is 0 Å². The van der Waals surface area contributed by atoms with Gasteiger partial charge in [-0.25, -0.2) is 4.79 Å². The second-order valence-electron chi connectivity index (χ2n) is 4.16. The summed E-state index contributed by atoms with van der Waals surface area (Å²) in [6, 6.07) is 3.23. The largest absolute Gasteiger partial charge is 0.487 e. The Kier molecular flexibility index (Phi) is 4.49. The summed E-state index contributed by atoms with van der Waals surface area (Å²) >= 11 is 6.56. The van der Waals surface area contributed by atoms with Crippen LogP contribution >= 0.6 is 31.9 Å². The number of hydrogen-bond acceptors (Lipinski definition) is 4. The predicted molar refractivity (Wildman–Crippen MR) is 79.1 cm³/mol. The van der Waals surface area contributed by atoms with Crippen molar-refractivity contribution < 1.29 is 19.2 Å². The fraction of sp³-hybridized carbons (Fsp3) is 0.231. The summed E-state index contributed by atoms with van der Waals surface area (Å²) < 4.78 is 11.9. The summed E-state index contributed by atoms with van der Waals surface area (Å²) in [4.78, 5) is 11.3. The van der Waals surface area contributed by atoms with Crippen LogP contribution in [0.25, 0.3) is 0 Å². The van der Waals surface area contributed by atoms with Gasteiger partial charge in [0.15, 0.2) is 0 Å². The van der Waals surface area contributed by atoms with E-state index in [2.05, 4.69) is 37.0 Å². The first-order chi connectivity index (χ1) is 9.40. The number of aromatic nitrogens is 1. The summed E-state index contributed by atoms with van der Waals surface area (Å²) in [7, 11) is 0. The molecule has 7 heteroatoms. The molecule has 0 atom stereocenters. The Morgan fingerprint density at radius 2 is 2.10 bits per heavy atom. The third-order valence-corrected chi connectivity index (χ3v) is 3.83. The first kappa shape index (κ1) is 15.1. The van der Waals surface area contributed by atoms with Gasteiger partial charge in [-0.2, -0.15) is 0 Å². The highest BCUT2D eigenvalue weighted by Gasteiger charge is 2.18. The Morgan fingerprint density at radius 3 is 2.65 bits per heavy atom. The van der Waals surface area contributed by atoms with E-state index in [4.69, 9.17) is 9.26 Å². The van der Waals surface area contributed by atoms with Gasteiger partial charge in [0.1, 0.15) is 23.7 Å². The molecule has 0 spiro atoms. The van der Waals surface area contributed by atoms with E-state index in [1.54, 1.807) is 13.0 Å². The minimum absolute atomic E-state index is 0.0815. The van der Waals surface area contributed by atoms with Crippen LogP contribution < -0.4 is 4.74 Å². The van der Waals surface area contributed by atoms with Gasteiger partial charge in [0.05, 0.1) is 15.7 Å². The Labute approximate surface area is 132 Å². The normalized spacial score (nSPS) is 10.6. The molecule has 20 heavy (non-hydrogen) atoms. The molecule has 0 radical (unpaired) electrons. The maximum Gasteiger partial charge on any atom is 0.339 e. The molecule has 5 nitrogen and oxygen atoms in total. The van der Waals surface area contributed by atoms with Gasteiger partial charge >= 0.3 is 5.97 Å². The number of nitrogens with zero attached hydrogens (tertiary/aromatic N) is 1. The number of aromatic carboxylic acids is 1. The summed E-state index contributed by atoms with van der Waals surface area (Å²) in [6.45, 7) is 3.79. The molecular formula is C13H11Br2NO4. The van der Waals surface area contributed by atoms with Gasteiger partial charge in [-0.15, -0.1) is 0 Å². The third-order valence-electron chi connectivity index (χ3n) is 2.78. The van der Waals surface area contributed by atoms with Crippen molar-refractivity contribution >= 4 is 37.8 Å². The standard InChI is InChI=1S/C13H11Br2NO4/c1-6-10(7(2)20-16-6)5-19-12-9(13(17)18)3-8(14)4-11(12)15/h3-4H,5H2,1-2H3,(H,17,18). The van der Waals surface area contributed by atoms with Crippen molar-refractivity contribution in [2.24, 2.45) is 0 Å². The minimum Gasteiger partial charge on any atom is -0.487 e. The lowest BCUT2D eigenvalue weighted by Crippen LogP contribution is -2.05. The van der Waals surface area contributed by atoms with E-state index in [0.717, 1.165) is 11.3 Å². The van der Waals surface area contributed by atoms with Crippen LogP contribution in [0.4, 0.5) is 0 Å². The molecule has 0 saturated carbocycles. The lowest BCUT2D eigenvalue weighted by atomic mass is 10.2. The predicted octanol–water partition coefficient (Wildman–Crippen LogP) is 4.09. The first-order valence-electron chi connectivity index (χ1n) is 5.67. The highest BCUT2D eigenvalue weighted by atomic mass is 79.9. The van der Waals surface area contributed by atoms with Crippen LogP contribution in [-0.2, 0) is 6.61 Å². The number of aryl methyl sites for hydroxylation is 2. The average Bonchev–Trinajstić information content (AvgIpc) is 2.67. The fourth-order valence-corrected chi connectivity index (χ4v) is 3.06. The van der Waals surface area contributed by atoms with Crippen LogP contribution in [0.15, 0.2) is 25.6 Å². The van der Waals surface area contributed by atoms with Crippen LogP contribution in [0.5, 0.6) is 5.75 Å². The van der Waals surface area contributed by atoms with Crippen molar-refractivity contribution in [1.82, 2.24) is 5.16 Å². The van der Waals surface area contributed by atoms with Crippen molar-refractivity contribution in [3.8, 4) is 5.75 Å². The van der Waals surface area contributed by atoms with Gasteiger partial charge in [0.25, 0.3) is 0 Å². The molecule has 0 amide bonds. The topological polar surface area (TPSA) is 72.6 Å². The van der Waals surface area contributed by atoms with Crippen molar-refractivity contribution in [2.75, 3.05) is 0 Å². The molecule has 0 saturated heterocycles. The maximum atomic E-state index is 11.3. The van der Waals surface area contributed by atoms with Crippen LogP contribution in [0.1, 0.15) is 27.4 Å². The quantitative estimate of drug-likeness (QED) is 0.830. The van der Waals surface area contributed by atoms with Crippen molar-refractivity contribution in [1.29, 1.82) is 0 Å². The van der Waals surface area contributed by atoms with Crippen molar-refractivity contribution in [3.05, 3.63) is 43.7 Å². The van der Waals surface area contributed by atoms with Crippen LogP contribution in [0.3, 0.4) is 0 Å². The van der Waals surface area contributed by atoms with E-state index in [1.807, 2.05) is 6.92 Å². The Bertz CT molecular complexity index is 647. The van der Waals surface area contributed by atoms with Gasteiger partial charge in [-0.1, -0.05) is 21.1 Å². The van der Waals surface area contributed by atoms with Gasteiger partial charge in [-0.05, 0) is 41.9 Å². The SMILES string of the molecule is Cc1noc(C)c1COc1c(Br)cc(Br)cc1C(=O)O. The number of rotatable bonds is 4. The van der Waals surface area contributed by atoms with E-state index in [1.165, 1.54) is 6.07 Å². The number of carboxylic acid groups (broad SMARTS) is 1. The number of carboxylic acids is 1. The highest BCUT2D eigenvalue weighted by molar-refractivity contribution is 9.11. The Balaban J connectivity index is 2.32. The van der Waals surface area contributed by atoms with Crippen molar-refractivity contribution in [2.45, 2.75) is 20.5 Å². The number of benzene rings is 1. The van der Waals surface area contributed by atoms with Gasteiger partial charge in [-0.3, -0.25) is 0 Å². The van der Waals surface area contributed by atoms with Crippen LogP contribution in [0.2, 0.25) is 0 Å². The lowest BCUT2D eigenvalue weighted by molar-refractivity contribution is 0.0691. The van der Waals surface area contributed by atoms with E-state index in [-0.39, 0.29) is 17.9 Å². The number of hydrogen-bond donors (Lipinski definition) is 1.